The first kappa shape index (κ1) is 12.9. The molecule has 0 aromatic rings. The molecular weight excluding hydrogens is 172 g/mol. The minimum absolute atomic E-state index is 0.720. The van der Waals surface area contributed by atoms with Gasteiger partial charge >= 0.3 is 0 Å². The predicted molar refractivity (Wildman–Crippen MR) is 64.8 cm³/mol. The molecule has 0 aliphatic rings. The molecule has 0 bridgehead atoms. The average Bonchev–Trinajstić information content (AvgIpc) is 2.17. The van der Waals surface area contributed by atoms with Crippen molar-refractivity contribution in [2.24, 2.45) is 10.9 Å². The molecule has 0 aliphatic heterocycles. The van der Waals surface area contributed by atoms with Crippen LogP contribution < -0.4 is 5.32 Å². The Morgan fingerprint density at radius 3 is 2.93 bits per heavy atom. The number of aliphatic imine (C=N–C) groups is 1. The molecule has 0 saturated heterocycles. The van der Waals surface area contributed by atoms with Gasteiger partial charge in [-0.15, -0.1) is 6.58 Å². The van der Waals surface area contributed by atoms with E-state index < -0.39 is 0 Å². The molecule has 0 heterocycles. The summed E-state index contributed by atoms with van der Waals surface area (Å²) in [6, 6.07) is 0. The maximum absolute atomic E-state index is 4.07. The van der Waals surface area contributed by atoms with E-state index in [0.29, 0.717) is 0 Å². The minimum atomic E-state index is 0.720. The third-order valence-corrected chi connectivity index (χ3v) is 1.94. The van der Waals surface area contributed by atoms with Crippen molar-refractivity contribution in [1.29, 1.82) is 0 Å². The van der Waals surface area contributed by atoms with Gasteiger partial charge in [-0.2, -0.15) is 0 Å². The number of nitrogens with zero attached hydrogens (tertiary/aromatic N) is 1. The third-order valence-electron chi connectivity index (χ3n) is 1.94. The highest BCUT2D eigenvalue weighted by Gasteiger charge is 1.96. The molecule has 1 unspecified atom stereocenters. The molecule has 0 spiro atoms. The molecule has 1 N–H and O–H groups in total. The van der Waals surface area contributed by atoms with Crippen molar-refractivity contribution in [2.75, 3.05) is 13.1 Å². The van der Waals surface area contributed by atoms with E-state index in [2.05, 4.69) is 23.8 Å². The van der Waals surface area contributed by atoms with Crippen molar-refractivity contribution in [3.63, 3.8) is 0 Å². The molecule has 0 aromatic heterocycles. The summed E-state index contributed by atoms with van der Waals surface area (Å²) in [5.74, 6) is 0.720. The van der Waals surface area contributed by atoms with Gasteiger partial charge < -0.3 is 5.32 Å². The molecular formula is C12H22N2. The molecule has 0 radical (unpaired) electrons. The molecule has 0 saturated carbocycles. The quantitative estimate of drug-likeness (QED) is 0.358. The van der Waals surface area contributed by atoms with Gasteiger partial charge in [0, 0.05) is 19.3 Å². The van der Waals surface area contributed by atoms with Crippen molar-refractivity contribution in [1.82, 2.24) is 5.32 Å². The van der Waals surface area contributed by atoms with Crippen molar-refractivity contribution in [2.45, 2.75) is 26.7 Å². The fraction of sp³-hybridized carbons (Fsp3) is 0.583. The van der Waals surface area contributed by atoms with Crippen LogP contribution in [0.3, 0.4) is 0 Å². The van der Waals surface area contributed by atoms with Crippen molar-refractivity contribution in [3.8, 4) is 0 Å². The topological polar surface area (TPSA) is 24.4 Å². The second kappa shape index (κ2) is 10.0. The molecule has 1 atom stereocenters. The van der Waals surface area contributed by atoms with Crippen LogP contribution in [0.15, 0.2) is 29.9 Å². The highest BCUT2D eigenvalue weighted by Crippen LogP contribution is 2.05. The lowest BCUT2D eigenvalue weighted by atomic mass is 10.0. The van der Waals surface area contributed by atoms with Gasteiger partial charge in [-0.1, -0.05) is 13.0 Å². The van der Waals surface area contributed by atoms with Crippen LogP contribution in [0.4, 0.5) is 0 Å². The highest BCUT2D eigenvalue weighted by molar-refractivity contribution is 5.70. The maximum Gasteiger partial charge on any atom is 0.0360 e. The summed E-state index contributed by atoms with van der Waals surface area (Å²) < 4.78 is 0. The number of nitrogens with one attached hydrogen (secondary N) is 1. The zero-order valence-corrected chi connectivity index (χ0v) is 9.37. The van der Waals surface area contributed by atoms with E-state index in [9.17, 15) is 0 Å². The smallest absolute Gasteiger partial charge is 0.0360 e. The van der Waals surface area contributed by atoms with Gasteiger partial charge in [-0.3, -0.25) is 4.99 Å². The van der Waals surface area contributed by atoms with Crippen molar-refractivity contribution in [3.05, 3.63) is 24.9 Å². The summed E-state index contributed by atoms with van der Waals surface area (Å²) in [6.07, 6.45) is 9.96. The summed E-state index contributed by atoms with van der Waals surface area (Å²) in [4.78, 5) is 4.07. The summed E-state index contributed by atoms with van der Waals surface area (Å²) in [6.45, 7) is 9.86. The van der Waals surface area contributed by atoms with Crippen LogP contribution in [0.1, 0.15) is 26.7 Å². The van der Waals surface area contributed by atoms with Gasteiger partial charge in [0.05, 0.1) is 0 Å². The van der Waals surface area contributed by atoms with Gasteiger partial charge in [0.2, 0.25) is 0 Å². The third kappa shape index (κ3) is 9.04. The van der Waals surface area contributed by atoms with Crippen molar-refractivity contribution >= 4 is 6.21 Å². The summed E-state index contributed by atoms with van der Waals surface area (Å²) in [5.41, 5.74) is 0. The lowest BCUT2D eigenvalue weighted by molar-refractivity contribution is 0.530. The Morgan fingerprint density at radius 2 is 2.29 bits per heavy atom. The lowest BCUT2D eigenvalue weighted by Gasteiger charge is -2.07. The summed E-state index contributed by atoms with van der Waals surface area (Å²) in [7, 11) is 0. The molecule has 14 heavy (non-hydrogen) atoms. The second-order valence-electron chi connectivity index (χ2n) is 3.38. The van der Waals surface area contributed by atoms with Gasteiger partial charge in [-0.25, -0.2) is 0 Å². The fourth-order valence-corrected chi connectivity index (χ4v) is 1.09. The van der Waals surface area contributed by atoms with E-state index >= 15 is 0 Å². The number of allylic oxidation sites excluding steroid dienone is 2. The van der Waals surface area contributed by atoms with Gasteiger partial charge in [0.15, 0.2) is 0 Å². The van der Waals surface area contributed by atoms with E-state index in [0.717, 1.165) is 25.4 Å². The van der Waals surface area contributed by atoms with E-state index in [1.165, 1.54) is 6.42 Å². The molecule has 0 aliphatic carbocycles. The largest absolute Gasteiger partial charge is 0.391 e. The van der Waals surface area contributed by atoms with E-state index in [4.69, 9.17) is 0 Å². The normalized spacial score (nSPS) is 13.6. The van der Waals surface area contributed by atoms with E-state index in [1.54, 1.807) is 0 Å². The van der Waals surface area contributed by atoms with Crippen LogP contribution >= 0.6 is 0 Å². The number of hydrogen-bond acceptors (Lipinski definition) is 2. The molecule has 0 rings (SSSR count). The Balaban J connectivity index is 3.32. The lowest BCUT2D eigenvalue weighted by Crippen LogP contribution is -2.10. The Morgan fingerprint density at radius 1 is 1.50 bits per heavy atom. The van der Waals surface area contributed by atoms with Gasteiger partial charge in [0.1, 0.15) is 0 Å². The zero-order chi connectivity index (χ0) is 10.6. The standard InChI is InChI=1S/C12H22N2/c1-4-7-12(3)8-11-14-10-6-9-13-5-2/h4,6,9-10,12,14H,1,5,7-8,11H2,2-3H3/b10-6-,13-9-. The van der Waals surface area contributed by atoms with Crippen molar-refractivity contribution < 1.29 is 0 Å². The second-order valence-corrected chi connectivity index (χ2v) is 3.38. The number of rotatable bonds is 8. The molecule has 80 valence electrons. The predicted octanol–water partition coefficient (Wildman–Crippen LogP) is 2.78. The average molecular weight is 194 g/mol. The first-order chi connectivity index (χ1) is 6.81. The monoisotopic (exact) mass is 194 g/mol. The Kier molecular flexibility index (Phi) is 9.28. The SMILES string of the molecule is C=CCC(C)CCN/C=C\C=N/CC. The van der Waals surface area contributed by atoms with Crippen LogP contribution in [-0.2, 0) is 0 Å². The maximum atomic E-state index is 4.07. The van der Waals surface area contributed by atoms with E-state index in [-0.39, 0.29) is 0 Å². The molecule has 0 aromatic carbocycles. The highest BCUT2D eigenvalue weighted by atomic mass is 14.8. The van der Waals surface area contributed by atoms with Crippen LogP contribution in [0.25, 0.3) is 0 Å². The Bertz CT molecular complexity index is 183. The summed E-state index contributed by atoms with van der Waals surface area (Å²) >= 11 is 0. The molecule has 0 fully saturated rings. The van der Waals surface area contributed by atoms with E-state index in [1.807, 2.05) is 31.5 Å². The van der Waals surface area contributed by atoms with Crippen LogP contribution in [0.5, 0.6) is 0 Å². The Labute approximate surface area is 87.8 Å². The first-order valence-corrected chi connectivity index (χ1v) is 5.30. The summed E-state index contributed by atoms with van der Waals surface area (Å²) in [5, 5.41) is 3.23. The van der Waals surface area contributed by atoms with Crippen LogP contribution in [0, 0.1) is 5.92 Å². The zero-order valence-electron chi connectivity index (χ0n) is 9.37. The minimum Gasteiger partial charge on any atom is -0.391 e. The van der Waals surface area contributed by atoms with Crippen LogP contribution in [-0.4, -0.2) is 19.3 Å². The molecule has 2 nitrogen and oxygen atoms in total. The van der Waals surface area contributed by atoms with Crippen LogP contribution in [0.2, 0.25) is 0 Å². The number of hydrogen-bond donors (Lipinski definition) is 1. The van der Waals surface area contributed by atoms with Gasteiger partial charge in [0.25, 0.3) is 0 Å². The van der Waals surface area contributed by atoms with Gasteiger partial charge in [-0.05, 0) is 38.0 Å². The first-order valence-electron chi connectivity index (χ1n) is 5.30. The molecule has 0 amide bonds. The molecule has 2 heteroatoms. The Hall–Kier alpha value is -1.05. The fourth-order valence-electron chi connectivity index (χ4n) is 1.09.